The van der Waals surface area contributed by atoms with Crippen molar-refractivity contribution in [3.8, 4) is 0 Å². The lowest BCUT2D eigenvalue weighted by Crippen LogP contribution is -2.52. The molecule has 0 spiro atoms. The van der Waals surface area contributed by atoms with Crippen LogP contribution in [-0.2, 0) is 9.59 Å². The van der Waals surface area contributed by atoms with Crippen LogP contribution >= 0.6 is 0 Å². The predicted molar refractivity (Wildman–Crippen MR) is 105 cm³/mol. The Labute approximate surface area is 160 Å². The van der Waals surface area contributed by atoms with Crippen LogP contribution in [0.1, 0.15) is 44.2 Å². The molecular formula is C20H29N5O2. The highest BCUT2D eigenvalue weighted by Gasteiger charge is 2.43. The first kappa shape index (κ1) is 18.4. The Kier molecular flexibility index (Phi) is 4.70. The van der Waals surface area contributed by atoms with Crippen LogP contribution < -0.4 is 21.4 Å². The largest absolute Gasteiger partial charge is 0.323 e. The lowest BCUT2D eigenvalue weighted by molar-refractivity contribution is -0.122. The van der Waals surface area contributed by atoms with E-state index in [9.17, 15) is 9.59 Å². The summed E-state index contributed by atoms with van der Waals surface area (Å²) in [4.78, 5) is 29.6. The molecule has 0 aromatic heterocycles. The fourth-order valence-corrected chi connectivity index (χ4v) is 3.91. The van der Waals surface area contributed by atoms with Gasteiger partial charge in [0.1, 0.15) is 0 Å². The van der Waals surface area contributed by atoms with Gasteiger partial charge >= 0.3 is 0 Å². The zero-order chi connectivity index (χ0) is 19.3. The van der Waals surface area contributed by atoms with E-state index in [0.29, 0.717) is 13.1 Å². The van der Waals surface area contributed by atoms with E-state index in [4.69, 9.17) is 11.6 Å². The number of carbonyl (C=O) groups is 2. The third-order valence-corrected chi connectivity index (χ3v) is 5.71. The number of fused-ring (bicyclic) bond motifs is 1. The lowest BCUT2D eigenvalue weighted by Gasteiger charge is -2.42. The number of amides is 2. The Morgan fingerprint density at radius 1 is 1.15 bits per heavy atom. The average molecular weight is 371 g/mol. The van der Waals surface area contributed by atoms with Crippen LogP contribution in [0.15, 0.2) is 18.2 Å². The molecule has 1 heterocycles. The van der Waals surface area contributed by atoms with Crippen molar-refractivity contribution in [2.24, 2.45) is 23.4 Å². The zero-order valence-electron chi connectivity index (χ0n) is 16.1. The first-order chi connectivity index (χ1) is 12.9. The van der Waals surface area contributed by atoms with Crippen molar-refractivity contribution in [2.75, 3.05) is 29.9 Å². The van der Waals surface area contributed by atoms with Gasteiger partial charge in [-0.05, 0) is 50.3 Å². The standard InChI is InChI=1S/C20H29N5O2/c1-12-10-24(19(26)13-3-4-13)18-9-15(16(21)11-23(2)22)7-8-17(18)25(12)20(27)14-5-6-14/h7-9,12-14,16H,3-6,10-11,21-22H2,1-2H3/t12-,16?/m0/s1. The summed E-state index contributed by atoms with van der Waals surface area (Å²) in [5.74, 6) is 6.37. The van der Waals surface area contributed by atoms with E-state index >= 15 is 0 Å². The summed E-state index contributed by atoms with van der Waals surface area (Å²) >= 11 is 0. The summed E-state index contributed by atoms with van der Waals surface area (Å²) in [7, 11) is 1.78. The van der Waals surface area contributed by atoms with Gasteiger partial charge in [0.05, 0.1) is 17.4 Å². The van der Waals surface area contributed by atoms with Gasteiger partial charge in [-0.2, -0.15) is 0 Å². The number of carbonyl (C=O) groups excluding carboxylic acids is 2. The molecule has 146 valence electrons. The van der Waals surface area contributed by atoms with Crippen LogP contribution in [0.2, 0.25) is 0 Å². The van der Waals surface area contributed by atoms with Gasteiger partial charge in [0.2, 0.25) is 11.8 Å². The maximum atomic E-state index is 12.9. The van der Waals surface area contributed by atoms with Gasteiger partial charge in [-0.3, -0.25) is 15.4 Å². The Morgan fingerprint density at radius 2 is 1.78 bits per heavy atom. The van der Waals surface area contributed by atoms with Crippen LogP contribution in [-0.4, -0.2) is 43.0 Å². The number of rotatable bonds is 5. The highest BCUT2D eigenvalue weighted by Crippen LogP contribution is 2.43. The van der Waals surface area contributed by atoms with E-state index in [1.54, 1.807) is 12.1 Å². The molecule has 0 bridgehead atoms. The molecule has 0 saturated heterocycles. The van der Waals surface area contributed by atoms with Crippen LogP contribution in [0, 0.1) is 11.8 Å². The van der Waals surface area contributed by atoms with Crippen molar-refractivity contribution in [3.05, 3.63) is 23.8 Å². The van der Waals surface area contributed by atoms with Gasteiger partial charge in [0.25, 0.3) is 0 Å². The molecule has 7 heteroatoms. The molecule has 2 fully saturated rings. The molecule has 1 aromatic rings. The Bertz CT molecular complexity index is 757. The van der Waals surface area contributed by atoms with E-state index in [-0.39, 0.29) is 35.7 Å². The second-order valence-corrected chi connectivity index (χ2v) is 8.35. The highest BCUT2D eigenvalue weighted by atomic mass is 16.2. The Balaban J connectivity index is 1.72. The molecule has 7 nitrogen and oxygen atoms in total. The van der Waals surface area contributed by atoms with Crippen LogP contribution in [0.4, 0.5) is 11.4 Å². The lowest BCUT2D eigenvalue weighted by atomic mass is 10.0. The van der Waals surface area contributed by atoms with E-state index in [1.165, 1.54) is 0 Å². The Hall–Kier alpha value is -1.96. The quantitative estimate of drug-likeness (QED) is 0.602. The van der Waals surface area contributed by atoms with E-state index in [2.05, 4.69) is 0 Å². The fourth-order valence-electron chi connectivity index (χ4n) is 3.91. The molecule has 1 aromatic carbocycles. The number of likely N-dealkylation sites (N-methyl/N-ethyl adjacent to an activating group) is 1. The number of benzene rings is 1. The number of anilines is 2. The van der Waals surface area contributed by atoms with Crippen LogP contribution in [0.25, 0.3) is 0 Å². The molecule has 1 unspecified atom stereocenters. The maximum Gasteiger partial charge on any atom is 0.230 e. The normalized spacial score (nSPS) is 23.4. The second-order valence-electron chi connectivity index (χ2n) is 8.35. The third kappa shape index (κ3) is 3.59. The molecule has 3 aliphatic rings. The molecular weight excluding hydrogens is 342 g/mol. The van der Waals surface area contributed by atoms with Crippen LogP contribution in [0.5, 0.6) is 0 Å². The van der Waals surface area contributed by atoms with Gasteiger partial charge in [0, 0.05) is 38.0 Å². The molecule has 1 aliphatic heterocycles. The summed E-state index contributed by atoms with van der Waals surface area (Å²) in [5, 5.41) is 1.56. The molecule has 27 heavy (non-hydrogen) atoms. The number of nitrogens with two attached hydrogens (primary N) is 2. The van der Waals surface area contributed by atoms with E-state index in [1.807, 2.05) is 34.9 Å². The SMILES string of the molecule is C[C@H]1CN(C(=O)C2CC2)c2cc(C(N)CN(C)N)ccc2N1C(=O)C1CC1. The van der Waals surface area contributed by atoms with Gasteiger partial charge in [0.15, 0.2) is 0 Å². The summed E-state index contributed by atoms with van der Waals surface area (Å²) < 4.78 is 0. The first-order valence-corrected chi connectivity index (χ1v) is 9.86. The highest BCUT2D eigenvalue weighted by molar-refractivity contribution is 6.06. The number of hydrazine groups is 1. The monoisotopic (exact) mass is 371 g/mol. The average Bonchev–Trinajstić information content (AvgIpc) is 3.51. The van der Waals surface area contributed by atoms with Crippen LogP contribution in [0.3, 0.4) is 0 Å². The topological polar surface area (TPSA) is 95.9 Å². The predicted octanol–water partition coefficient (Wildman–Crippen LogP) is 1.38. The zero-order valence-corrected chi connectivity index (χ0v) is 16.1. The smallest absolute Gasteiger partial charge is 0.230 e. The number of hydrogen-bond donors (Lipinski definition) is 2. The van der Waals surface area contributed by atoms with Gasteiger partial charge in [-0.1, -0.05) is 6.07 Å². The van der Waals surface area contributed by atoms with E-state index < -0.39 is 0 Å². The van der Waals surface area contributed by atoms with Crippen molar-refractivity contribution in [1.29, 1.82) is 0 Å². The van der Waals surface area contributed by atoms with Gasteiger partial charge in [-0.25, -0.2) is 5.01 Å². The fraction of sp³-hybridized carbons (Fsp3) is 0.600. The minimum atomic E-state index is -0.255. The first-order valence-electron chi connectivity index (χ1n) is 9.86. The molecule has 2 atom stereocenters. The minimum Gasteiger partial charge on any atom is -0.323 e. The van der Waals surface area contributed by atoms with Crippen molar-refractivity contribution in [2.45, 2.75) is 44.7 Å². The summed E-state index contributed by atoms with van der Waals surface area (Å²) in [6, 6.07) is 5.60. The number of nitrogens with zero attached hydrogens (tertiary/aromatic N) is 3. The molecule has 4 N–H and O–H groups in total. The molecule has 0 radical (unpaired) electrons. The summed E-state index contributed by atoms with van der Waals surface area (Å²) in [6.07, 6.45) is 3.85. The van der Waals surface area contributed by atoms with Crippen molar-refractivity contribution in [1.82, 2.24) is 5.01 Å². The Morgan fingerprint density at radius 3 is 2.37 bits per heavy atom. The van der Waals surface area contributed by atoms with Gasteiger partial charge < -0.3 is 15.5 Å². The summed E-state index contributed by atoms with van der Waals surface area (Å²) in [5.41, 5.74) is 8.86. The summed E-state index contributed by atoms with van der Waals surface area (Å²) in [6.45, 7) is 3.08. The maximum absolute atomic E-state index is 12.9. The third-order valence-electron chi connectivity index (χ3n) is 5.71. The second kappa shape index (κ2) is 6.89. The molecule has 4 rings (SSSR count). The van der Waals surface area contributed by atoms with Crippen molar-refractivity contribution in [3.63, 3.8) is 0 Å². The number of hydrogen-bond acceptors (Lipinski definition) is 5. The van der Waals surface area contributed by atoms with Gasteiger partial charge in [-0.15, -0.1) is 0 Å². The van der Waals surface area contributed by atoms with Crippen molar-refractivity contribution < 1.29 is 9.59 Å². The van der Waals surface area contributed by atoms with Crippen molar-refractivity contribution >= 4 is 23.2 Å². The molecule has 2 amide bonds. The molecule has 2 saturated carbocycles. The van der Waals surface area contributed by atoms with E-state index in [0.717, 1.165) is 42.6 Å². The minimum absolute atomic E-state index is 0.0250. The molecule has 2 aliphatic carbocycles.